The third-order valence-electron chi connectivity index (χ3n) is 5.55. The summed E-state index contributed by atoms with van der Waals surface area (Å²) in [6, 6.07) is 3.52. The van der Waals surface area contributed by atoms with Crippen molar-refractivity contribution in [2.75, 3.05) is 11.4 Å². The molecule has 0 saturated heterocycles. The van der Waals surface area contributed by atoms with Crippen molar-refractivity contribution < 1.29 is 4.39 Å². The monoisotopic (exact) mass is 405 g/mol. The molecule has 0 atom stereocenters. The number of nitrogens with zero attached hydrogens (tertiary/aromatic N) is 7. The summed E-state index contributed by atoms with van der Waals surface area (Å²) >= 11 is 0. The molecule has 5 rings (SSSR count). The first kappa shape index (κ1) is 18.4. The van der Waals surface area contributed by atoms with Crippen LogP contribution in [0.5, 0.6) is 0 Å². The van der Waals surface area contributed by atoms with Gasteiger partial charge in [0.2, 0.25) is 5.95 Å². The predicted molar refractivity (Wildman–Crippen MR) is 110 cm³/mol. The maximum atomic E-state index is 13.4. The van der Waals surface area contributed by atoms with Crippen molar-refractivity contribution in [1.29, 1.82) is 0 Å². The fraction of sp³-hybridized carbons (Fsp3) is 0.286. The van der Waals surface area contributed by atoms with Gasteiger partial charge in [-0.1, -0.05) is 0 Å². The molecule has 0 aliphatic carbocycles. The van der Waals surface area contributed by atoms with Crippen molar-refractivity contribution in [1.82, 2.24) is 29.1 Å². The van der Waals surface area contributed by atoms with E-state index < -0.39 is 5.95 Å². The van der Waals surface area contributed by atoms with Crippen LogP contribution in [-0.2, 0) is 20.0 Å². The molecule has 0 amide bonds. The van der Waals surface area contributed by atoms with Crippen LogP contribution < -0.4 is 10.6 Å². The summed E-state index contributed by atoms with van der Waals surface area (Å²) in [4.78, 5) is 27.4. The van der Waals surface area contributed by atoms with E-state index in [0.717, 1.165) is 52.3 Å². The lowest BCUT2D eigenvalue weighted by Gasteiger charge is -2.30. The van der Waals surface area contributed by atoms with Crippen LogP contribution in [0.2, 0.25) is 0 Å². The summed E-state index contributed by atoms with van der Waals surface area (Å²) in [5.74, 6) is 0.705. The second-order valence-electron chi connectivity index (χ2n) is 7.65. The van der Waals surface area contributed by atoms with Gasteiger partial charge in [0.15, 0.2) is 0 Å². The smallest absolute Gasteiger partial charge is 0.351 e. The Morgan fingerprint density at radius 1 is 1.10 bits per heavy atom. The maximum absolute atomic E-state index is 13.4. The molecule has 0 fully saturated rings. The number of hydrogen-bond acceptors (Lipinski definition) is 6. The Morgan fingerprint density at radius 3 is 2.73 bits per heavy atom. The molecular formula is C21H20FN7O. The summed E-state index contributed by atoms with van der Waals surface area (Å²) in [5, 5.41) is 4.20. The zero-order valence-electron chi connectivity index (χ0n) is 16.9. The van der Waals surface area contributed by atoms with Gasteiger partial charge < -0.3 is 4.90 Å². The predicted octanol–water partition coefficient (Wildman–Crippen LogP) is 2.20. The van der Waals surface area contributed by atoms with Crippen molar-refractivity contribution in [2.24, 2.45) is 7.05 Å². The third kappa shape index (κ3) is 2.94. The van der Waals surface area contributed by atoms with E-state index in [0.29, 0.717) is 12.3 Å². The van der Waals surface area contributed by atoms with Crippen LogP contribution in [-0.4, -0.2) is 35.7 Å². The quantitative estimate of drug-likeness (QED) is 0.476. The lowest BCUT2D eigenvalue weighted by Crippen LogP contribution is -2.32. The zero-order chi connectivity index (χ0) is 21.0. The molecule has 1 aliphatic heterocycles. The lowest BCUT2D eigenvalue weighted by atomic mass is 9.99. The molecule has 0 unspecified atom stereocenters. The molecule has 0 bridgehead atoms. The summed E-state index contributed by atoms with van der Waals surface area (Å²) in [7, 11) is 1.61. The van der Waals surface area contributed by atoms with Gasteiger partial charge in [-0.3, -0.25) is 4.98 Å². The Bertz CT molecular complexity index is 1360. The molecular weight excluding hydrogens is 385 g/mol. The number of rotatable bonds is 2. The van der Waals surface area contributed by atoms with Crippen molar-refractivity contribution in [3.8, 4) is 11.1 Å². The van der Waals surface area contributed by atoms with E-state index in [1.165, 1.54) is 15.1 Å². The third-order valence-corrected chi connectivity index (χ3v) is 5.55. The number of hydrogen-bond donors (Lipinski definition) is 0. The molecule has 4 aromatic rings. The van der Waals surface area contributed by atoms with Crippen molar-refractivity contribution in [2.45, 2.75) is 26.8 Å². The van der Waals surface area contributed by atoms with Crippen LogP contribution >= 0.6 is 0 Å². The van der Waals surface area contributed by atoms with Crippen molar-refractivity contribution in [3.63, 3.8) is 0 Å². The first-order valence-electron chi connectivity index (χ1n) is 9.69. The van der Waals surface area contributed by atoms with E-state index in [-0.39, 0.29) is 5.69 Å². The van der Waals surface area contributed by atoms with Gasteiger partial charge in [-0.2, -0.15) is 9.37 Å². The fourth-order valence-electron chi connectivity index (χ4n) is 3.99. The van der Waals surface area contributed by atoms with Gasteiger partial charge in [0.25, 0.3) is 5.78 Å². The minimum atomic E-state index is -0.487. The Labute approximate surface area is 171 Å². The second-order valence-corrected chi connectivity index (χ2v) is 7.65. The van der Waals surface area contributed by atoms with Crippen LogP contribution in [0.1, 0.15) is 22.4 Å². The number of anilines is 1. The summed E-state index contributed by atoms with van der Waals surface area (Å²) < 4.78 is 16.1. The Kier molecular flexibility index (Phi) is 4.12. The zero-order valence-corrected chi connectivity index (χ0v) is 16.9. The average molecular weight is 405 g/mol. The molecule has 0 N–H and O–H groups in total. The number of fused-ring (bicyclic) bond motifs is 2. The van der Waals surface area contributed by atoms with E-state index in [9.17, 15) is 9.18 Å². The minimum absolute atomic E-state index is 0.215. The van der Waals surface area contributed by atoms with Gasteiger partial charge in [-0.25, -0.2) is 18.9 Å². The Morgan fingerprint density at radius 2 is 1.93 bits per heavy atom. The molecule has 1 aliphatic rings. The minimum Gasteiger partial charge on any atom is -0.351 e. The van der Waals surface area contributed by atoms with Crippen LogP contribution in [0.15, 0.2) is 35.5 Å². The largest absolute Gasteiger partial charge is 0.351 e. The van der Waals surface area contributed by atoms with Gasteiger partial charge in [-0.05, 0) is 37.1 Å². The number of halogens is 1. The van der Waals surface area contributed by atoms with E-state index in [4.69, 9.17) is 0 Å². The molecule has 9 heteroatoms. The highest BCUT2D eigenvalue weighted by atomic mass is 19.1. The summed E-state index contributed by atoms with van der Waals surface area (Å²) in [6.45, 7) is 5.23. The van der Waals surface area contributed by atoms with Crippen molar-refractivity contribution in [3.05, 3.63) is 69.5 Å². The van der Waals surface area contributed by atoms with E-state index in [2.05, 4.69) is 31.0 Å². The molecule has 152 valence electrons. The van der Waals surface area contributed by atoms with Crippen LogP contribution in [0.3, 0.4) is 0 Å². The Balaban J connectivity index is 1.52. The Hall–Kier alpha value is -3.62. The van der Waals surface area contributed by atoms with Crippen LogP contribution in [0.25, 0.3) is 16.9 Å². The van der Waals surface area contributed by atoms with E-state index in [1.807, 2.05) is 20.0 Å². The molecule has 30 heavy (non-hydrogen) atoms. The van der Waals surface area contributed by atoms with Crippen molar-refractivity contribution >= 4 is 11.6 Å². The maximum Gasteiger partial charge on any atom is 0.351 e. The number of pyridine rings is 2. The van der Waals surface area contributed by atoms with Gasteiger partial charge in [0, 0.05) is 67.5 Å². The lowest BCUT2D eigenvalue weighted by molar-refractivity contribution is 0.583. The van der Waals surface area contributed by atoms with Gasteiger partial charge in [0.05, 0.1) is 0 Å². The van der Waals surface area contributed by atoms with Crippen LogP contribution in [0.4, 0.5) is 10.2 Å². The topological polar surface area (TPSA) is 81.2 Å². The van der Waals surface area contributed by atoms with E-state index >= 15 is 0 Å². The normalized spacial score (nSPS) is 13.7. The molecule has 0 aromatic carbocycles. The molecule has 4 aromatic heterocycles. The molecule has 0 radical (unpaired) electrons. The summed E-state index contributed by atoms with van der Waals surface area (Å²) in [5.41, 5.74) is 5.44. The first-order chi connectivity index (χ1) is 14.4. The SMILES string of the molecule is Cc1cc(F)ncc1-c1cnc2c(c1)CN(c1nc3nn(C)c(=O)n3cc1C)CC2. The second kappa shape index (κ2) is 6.72. The molecule has 0 spiro atoms. The molecule has 5 heterocycles. The highest BCUT2D eigenvalue weighted by Gasteiger charge is 2.22. The van der Waals surface area contributed by atoms with E-state index in [1.54, 1.807) is 19.4 Å². The van der Waals surface area contributed by atoms with Crippen LogP contribution in [0, 0.1) is 19.8 Å². The highest BCUT2D eigenvalue weighted by Crippen LogP contribution is 2.29. The molecule has 8 nitrogen and oxygen atoms in total. The van der Waals surface area contributed by atoms with Gasteiger partial charge in [-0.15, -0.1) is 5.10 Å². The fourth-order valence-corrected chi connectivity index (χ4v) is 3.99. The number of aromatic nitrogens is 6. The average Bonchev–Trinajstić information content (AvgIpc) is 3.00. The molecule has 0 saturated carbocycles. The highest BCUT2D eigenvalue weighted by molar-refractivity contribution is 5.66. The van der Waals surface area contributed by atoms with Gasteiger partial charge in [0.1, 0.15) is 5.82 Å². The van der Waals surface area contributed by atoms with Gasteiger partial charge >= 0.3 is 5.69 Å². The standard InChI is InChI=1S/C21H20FN7O/c1-12-6-18(22)24-9-16(12)14-7-15-11-28(5-4-17(15)23-8-14)19-13(2)10-29-20(25-19)26-27(3)21(29)30/h6-10H,4-5,11H2,1-3H3. The number of aryl methyl sites for hydroxylation is 3. The summed E-state index contributed by atoms with van der Waals surface area (Å²) in [6.07, 6.45) is 5.95. The first-order valence-corrected chi connectivity index (χ1v) is 9.69.